The SMILES string of the molecule is CCCC(CNC(=O)c1cc(I)ccc1O)C(=O)O. The molecule has 1 unspecified atom stereocenters. The molecule has 104 valence electrons. The van der Waals surface area contributed by atoms with Gasteiger partial charge in [0.15, 0.2) is 0 Å². The Morgan fingerprint density at radius 1 is 1.42 bits per heavy atom. The lowest BCUT2D eigenvalue weighted by atomic mass is 10.0. The van der Waals surface area contributed by atoms with Crippen molar-refractivity contribution in [1.29, 1.82) is 0 Å². The number of aromatic hydroxyl groups is 1. The van der Waals surface area contributed by atoms with E-state index in [1.807, 2.05) is 29.5 Å². The average molecular weight is 377 g/mol. The molecule has 0 bridgehead atoms. The molecule has 1 amide bonds. The van der Waals surface area contributed by atoms with Gasteiger partial charge in [-0.1, -0.05) is 13.3 Å². The molecule has 0 spiro atoms. The van der Waals surface area contributed by atoms with Crippen LogP contribution in [0.25, 0.3) is 0 Å². The van der Waals surface area contributed by atoms with E-state index in [0.717, 1.165) is 9.99 Å². The lowest BCUT2D eigenvalue weighted by molar-refractivity contribution is -0.141. The highest BCUT2D eigenvalue weighted by atomic mass is 127. The number of benzene rings is 1. The molecule has 5 nitrogen and oxygen atoms in total. The molecule has 0 aliphatic rings. The van der Waals surface area contributed by atoms with Gasteiger partial charge in [0.2, 0.25) is 0 Å². The minimum atomic E-state index is -0.922. The van der Waals surface area contributed by atoms with Crippen molar-refractivity contribution in [3.05, 3.63) is 27.3 Å². The van der Waals surface area contributed by atoms with Crippen LogP contribution in [0, 0.1) is 9.49 Å². The van der Waals surface area contributed by atoms with Crippen LogP contribution in [0.5, 0.6) is 5.75 Å². The van der Waals surface area contributed by atoms with E-state index >= 15 is 0 Å². The van der Waals surface area contributed by atoms with Gasteiger partial charge >= 0.3 is 5.97 Å². The number of phenols is 1. The maximum atomic E-state index is 11.9. The van der Waals surface area contributed by atoms with Crippen molar-refractivity contribution in [1.82, 2.24) is 5.32 Å². The van der Waals surface area contributed by atoms with Crippen LogP contribution in [0.4, 0.5) is 0 Å². The molecule has 3 N–H and O–H groups in total. The van der Waals surface area contributed by atoms with Crippen molar-refractivity contribution in [3.8, 4) is 5.75 Å². The van der Waals surface area contributed by atoms with Crippen LogP contribution in [0.2, 0.25) is 0 Å². The minimum absolute atomic E-state index is 0.0624. The van der Waals surface area contributed by atoms with Crippen molar-refractivity contribution >= 4 is 34.5 Å². The topological polar surface area (TPSA) is 86.6 Å². The van der Waals surface area contributed by atoms with Crippen LogP contribution < -0.4 is 5.32 Å². The Hall–Kier alpha value is -1.31. The lowest BCUT2D eigenvalue weighted by Crippen LogP contribution is -2.33. The van der Waals surface area contributed by atoms with Gasteiger partial charge in [-0.25, -0.2) is 0 Å². The highest BCUT2D eigenvalue weighted by molar-refractivity contribution is 14.1. The number of phenolic OH excluding ortho intramolecular Hbond substituents is 1. The number of nitrogens with one attached hydrogen (secondary N) is 1. The van der Waals surface area contributed by atoms with E-state index in [-0.39, 0.29) is 17.9 Å². The van der Waals surface area contributed by atoms with Crippen molar-refractivity contribution in [2.75, 3.05) is 6.54 Å². The second-order valence-electron chi connectivity index (χ2n) is 4.20. The van der Waals surface area contributed by atoms with Crippen LogP contribution in [-0.2, 0) is 4.79 Å². The highest BCUT2D eigenvalue weighted by Gasteiger charge is 2.18. The Bertz CT molecular complexity index is 476. The second kappa shape index (κ2) is 7.32. The van der Waals surface area contributed by atoms with Crippen LogP contribution in [-0.4, -0.2) is 28.6 Å². The highest BCUT2D eigenvalue weighted by Crippen LogP contribution is 2.19. The normalized spacial score (nSPS) is 11.9. The summed E-state index contributed by atoms with van der Waals surface area (Å²) >= 11 is 2.04. The monoisotopic (exact) mass is 377 g/mol. The van der Waals surface area contributed by atoms with Crippen LogP contribution in [0.15, 0.2) is 18.2 Å². The number of carbonyl (C=O) groups is 2. The predicted molar refractivity (Wildman–Crippen MR) is 79.2 cm³/mol. The van der Waals surface area contributed by atoms with Crippen molar-refractivity contribution < 1.29 is 19.8 Å². The number of carboxylic acids is 1. The van der Waals surface area contributed by atoms with E-state index in [2.05, 4.69) is 5.32 Å². The standard InChI is InChI=1S/C13H16INO4/c1-2-3-8(13(18)19)7-15-12(17)10-6-9(14)4-5-11(10)16/h4-6,8,16H,2-3,7H2,1H3,(H,15,17)(H,18,19). The summed E-state index contributed by atoms with van der Waals surface area (Å²) in [6, 6.07) is 4.68. The maximum absolute atomic E-state index is 11.9. The van der Waals surface area contributed by atoms with Crippen molar-refractivity contribution in [2.45, 2.75) is 19.8 Å². The van der Waals surface area contributed by atoms with Gasteiger partial charge in [-0.05, 0) is 47.2 Å². The van der Waals surface area contributed by atoms with Gasteiger partial charge in [0.25, 0.3) is 5.91 Å². The molecule has 19 heavy (non-hydrogen) atoms. The van der Waals surface area contributed by atoms with Gasteiger partial charge in [-0.2, -0.15) is 0 Å². The summed E-state index contributed by atoms with van der Waals surface area (Å²) < 4.78 is 0.823. The number of carbonyl (C=O) groups excluding carboxylic acids is 1. The third kappa shape index (κ3) is 4.70. The van der Waals surface area contributed by atoms with E-state index in [9.17, 15) is 14.7 Å². The molecule has 0 saturated heterocycles. The van der Waals surface area contributed by atoms with E-state index in [4.69, 9.17) is 5.11 Å². The molecule has 0 heterocycles. The third-order valence-electron chi connectivity index (χ3n) is 2.70. The molecule has 0 aliphatic heterocycles. The number of carboxylic acid groups (broad SMARTS) is 1. The van der Waals surface area contributed by atoms with Crippen LogP contribution in [0.3, 0.4) is 0 Å². The number of hydrogen-bond donors (Lipinski definition) is 3. The summed E-state index contributed by atoms with van der Waals surface area (Å²) in [6.45, 7) is 1.95. The van der Waals surface area contributed by atoms with Crippen molar-refractivity contribution in [2.24, 2.45) is 5.92 Å². The third-order valence-corrected chi connectivity index (χ3v) is 3.37. The zero-order valence-electron chi connectivity index (χ0n) is 10.5. The summed E-state index contributed by atoms with van der Waals surface area (Å²) in [7, 11) is 0. The molecular weight excluding hydrogens is 361 g/mol. The molecule has 1 aromatic carbocycles. The molecule has 1 rings (SSSR count). The Kier molecular flexibility index (Phi) is 6.07. The number of halogens is 1. The quantitative estimate of drug-likeness (QED) is 0.664. The van der Waals surface area contributed by atoms with E-state index < -0.39 is 17.8 Å². The zero-order chi connectivity index (χ0) is 14.4. The summed E-state index contributed by atoms with van der Waals surface area (Å²) in [5.74, 6) is -2.09. The van der Waals surface area contributed by atoms with Gasteiger partial charge in [0.1, 0.15) is 5.75 Å². The first-order valence-corrected chi connectivity index (χ1v) is 7.03. The fraction of sp³-hybridized carbons (Fsp3) is 0.385. The van der Waals surface area contributed by atoms with Gasteiger partial charge in [-0.3, -0.25) is 9.59 Å². The molecule has 0 aromatic heterocycles. The maximum Gasteiger partial charge on any atom is 0.308 e. The number of hydrogen-bond acceptors (Lipinski definition) is 3. The molecule has 1 atom stereocenters. The Labute approximate surface area is 125 Å². The molecule has 0 saturated carbocycles. The summed E-state index contributed by atoms with van der Waals surface area (Å²) in [5.41, 5.74) is 0.160. The smallest absolute Gasteiger partial charge is 0.308 e. The first-order valence-electron chi connectivity index (χ1n) is 5.95. The van der Waals surface area contributed by atoms with E-state index in [1.165, 1.54) is 6.07 Å². The van der Waals surface area contributed by atoms with Gasteiger partial charge < -0.3 is 15.5 Å². The Balaban J connectivity index is 2.69. The predicted octanol–water partition coefficient (Wildman–Crippen LogP) is 2.23. The Morgan fingerprint density at radius 2 is 2.11 bits per heavy atom. The van der Waals surface area contributed by atoms with Crippen molar-refractivity contribution in [3.63, 3.8) is 0 Å². The fourth-order valence-electron chi connectivity index (χ4n) is 1.66. The molecular formula is C13H16INO4. The lowest BCUT2D eigenvalue weighted by Gasteiger charge is -2.13. The average Bonchev–Trinajstić information content (AvgIpc) is 2.36. The fourth-order valence-corrected chi connectivity index (χ4v) is 2.15. The van der Waals surface area contributed by atoms with E-state index in [0.29, 0.717) is 6.42 Å². The summed E-state index contributed by atoms with van der Waals surface area (Å²) in [5, 5.41) is 21.1. The molecule has 1 aromatic rings. The first kappa shape index (κ1) is 15.7. The van der Waals surface area contributed by atoms with Gasteiger partial charge in [0.05, 0.1) is 11.5 Å². The summed E-state index contributed by atoms with van der Waals surface area (Å²) in [4.78, 5) is 22.8. The first-order chi connectivity index (χ1) is 8.95. The Morgan fingerprint density at radius 3 is 2.68 bits per heavy atom. The van der Waals surface area contributed by atoms with E-state index in [1.54, 1.807) is 12.1 Å². The summed E-state index contributed by atoms with van der Waals surface area (Å²) in [6.07, 6.45) is 1.25. The van der Waals surface area contributed by atoms with Gasteiger partial charge in [-0.15, -0.1) is 0 Å². The second-order valence-corrected chi connectivity index (χ2v) is 5.44. The van der Waals surface area contributed by atoms with Gasteiger partial charge in [0, 0.05) is 10.1 Å². The minimum Gasteiger partial charge on any atom is -0.507 e. The van der Waals surface area contributed by atoms with Crippen LogP contribution >= 0.6 is 22.6 Å². The molecule has 0 radical (unpaired) electrons. The number of aliphatic carboxylic acids is 1. The molecule has 6 heteroatoms. The van der Waals surface area contributed by atoms with Crippen LogP contribution in [0.1, 0.15) is 30.1 Å². The molecule has 0 aliphatic carbocycles. The zero-order valence-corrected chi connectivity index (χ0v) is 12.7. The number of amides is 1. The number of rotatable bonds is 6. The molecule has 0 fully saturated rings. The largest absolute Gasteiger partial charge is 0.507 e.